The molecule has 0 spiro atoms. The van der Waals surface area contributed by atoms with Gasteiger partial charge in [0.05, 0.1) is 0 Å². The Labute approximate surface area is 131 Å². The van der Waals surface area contributed by atoms with Crippen LogP contribution in [0.4, 0.5) is 0 Å². The van der Waals surface area contributed by atoms with Gasteiger partial charge in [0.15, 0.2) is 0 Å². The van der Waals surface area contributed by atoms with Crippen LogP contribution in [-0.2, 0) is 0 Å². The lowest BCUT2D eigenvalue weighted by molar-refractivity contribution is -0.0393. The van der Waals surface area contributed by atoms with Gasteiger partial charge in [0.1, 0.15) is 0 Å². The van der Waals surface area contributed by atoms with E-state index in [0.29, 0.717) is 5.54 Å². The van der Waals surface area contributed by atoms with Crippen LogP contribution in [0.3, 0.4) is 0 Å². The Kier molecular flexibility index (Phi) is 4.92. The second-order valence-corrected chi connectivity index (χ2v) is 8.16. The zero-order valence-corrected chi connectivity index (χ0v) is 14.2. The number of fused-ring (bicyclic) bond motifs is 1. The normalized spacial score (nSPS) is 39.4. The molecular weight excluding hydrogens is 258 g/mol. The average Bonchev–Trinajstić information content (AvgIpc) is 2.54. The standard InChI is InChI=1S/C18H35N3/c1-15(2)16-6-5-8-18(12-16,14-19)21-11-10-20-9-4-3-7-17(20)13-21/h15-17H,3-14,19H2,1-2H3. The molecule has 1 saturated carbocycles. The molecule has 3 fully saturated rings. The maximum atomic E-state index is 6.34. The van der Waals surface area contributed by atoms with E-state index in [1.165, 1.54) is 71.1 Å². The van der Waals surface area contributed by atoms with Crippen LogP contribution < -0.4 is 5.73 Å². The fourth-order valence-corrected chi connectivity index (χ4v) is 5.14. The van der Waals surface area contributed by atoms with Crippen LogP contribution in [0.5, 0.6) is 0 Å². The number of rotatable bonds is 3. The van der Waals surface area contributed by atoms with E-state index in [2.05, 4.69) is 23.6 Å². The lowest BCUT2D eigenvalue weighted by Crippen LogP contribution is -2.65. The minimum atomic E-state index is 0.316. The molecule has 3 rings (SSSR count). The molecule has 2 heterocycles. The Balaban J connectivity index is 1.70. The van der Waals surface area contributed by atoms with E-state index in [1.54, 1.807) is 0 Å². The first-order valence-electron chi connectivity index (χ1n) is 9.34. The number of piperazine rings is 1. The number of hydrogen-bond donors (Lipinski definition) is 1. The van der Waals surface area contributed by atoms with Crippen molar-refractivity contribution in [2.24, 2.45) is 17.6 Å². The van der Waals surface area contributed by atoms with Crippen molar-refractivity contribution in [3.63, 3.8) is 0 Å². The van der Waals surface area contributed by atoms with Crippen LogP contribution in [0.25, 0.3) is 0 Å². The molecule has 122 valence electrons. The molecule has 1 aliphatic carbocycles. The quantitative estimate of drug-likeness (QED) is 0.868. The van der Waals surface area contributed by atoms with E-state index in [1.807, 2.05) is 0 Å². The fraction of sp³-hybridized carbons (Fsp3) is 1.00. The van der Waals surface area contributed by atoms with Crippen LogP contribution in [0.1, 0.15) is 58.8 Å². The van der Waals surface area contributed by atoms with Crippen molar-refractivity contribution >= 4 is 0 Å². The molecule has 2 saturated heterocycles. The van der Waals surface area contributed by atoms with Crippen LogP contribution >= 0.6 is 0 Å². The van der Waals surface area contributed by atoms with E-state index >= 15 is 0 Å². The van der Waals surface area contributed by atoms with Crippen molar-refractivity contribution in [3.05, 3.63) is 0 Å². The number of nitrogens with zero attached hydrogens (tertiary/aromatic N) is 2. The largest absolute Gasteiger partial charge is 0.329 e. The summed E-state index contributed by atoms with van der Waals surface area (Å²) in [6.07, 6.45) is 9.72. The summed E-state index contributed by atoms with van der Waals surface area (Å²) in [6.45, 7) is 10.8. The topological polar surface area (TPSA) is 32.5 Å². The van der Waals surface area contributed by atoms with Gasteiger partial charge in [-0.25, -0.2) is 0 Å². The maximum absolute atomic E-state index is 6.34. The summed E-state index contributed by atoms with van der Waals surface area (Å²) in [6, 6.07) is 0.815. The molecule has 3 atom stereocenters. The van der Waals surface area contributed by atoms with E-state index in [9.17, 15) is 0 Å². The molecule has 0 aromatic carbocycles. The summed E-state index contributed by atoms with van der Waals surface area (Å²) < 4.78 is 0. The van der Waals surface area contributed by atoms with Gasteiger partial charge in [0.25, 0.3) is 0 Å². The predicted octanol–water partition coefficient (Wildman–Crippen LogP) is 2.70. The number of nitrogens with two attached hydrogens (primary N) is 1. The lowest BCUT2D eigenvalue weighted by atomic mass is 9.70. The maximum Gasteiger partial charge on any atom is 0.0335 e. The van der Waals surface area contributed by atoms with Crippen LogP contribution in [-0.4, -0.2) is 54.1 Å². The van der Waals surface area contributed by atoms with Crippen LogP contribution in [0.15, 0.2) is 0 Å². The molecule has 3 aliphatic rings. The highest BCUT2D eigenvalue weighted by Crippen LogP contribution is 2.40. The van der Waals surface area contributed by atoms with E-state index < -0.39 is 0 Å². The molecule has 0 bridgehead atoms. The zero-order valence-electron chi connectivity index (χ0n) is 14.2. The third-order valence-electron chi connectivity index (χ3n) is 6.69. The van der Waals surface area contributed by atoms with Crippen molar-refractivity contribution in [2.75, 3.05) is 32.7 Å². The monoisotopic (exact) mass is 293 g/mol. The van der Waals surface area contributed by atoms with Crippen molar-refractivity contribution in [1.82, 2.24) is 9.80 Å². The molecular formula is C18H35N3. The average molecular weight is 293 g/mol. The van der Waals surface area contributed by atoms with Crippen molar-refractivity contribution < 1.29 is 0 Å². The first-order chi connectivity index (χ1) is 10.1. The van der Waals surface area contributed by atoms with E-state index in [4.69, 9.17) is 5.73 Å². The second-order valence-electron chi connectivity index (χ2n) is 8.16. The Morgan fingerprint density at radius 3 is 2.71 bits per heavy atom. The molecule has 2 N–H and O–H groups in total. The molecule has 0 amide bonds. The summed E-state index contributed by atoms with van der Waals surface area (Å²) in [5.41, 5.74) is 6.66. The SMILES string of the molecule is CC(C)C1CCCC(CN)(N2CCN3CCCCC3C2)C1. The first kappa shape index (κ1) is 15.8. The van der Waals surface area contributed by atoms with Gasteiger partial charge in [0, 0.05) is 37.8 Å². The second kappa shape index (κ2) is 6.55. The van der Waals surface area contributed by atoms with Crippen LogP contribution in [0, 0.1) is 11.8 Å². The minimum absolute atomic E-state index is 0.316. The van der Waals surface area contributed by atoms with Gasteiger partial charge in [0.2, 0.25) is 0 Å². The smallest absolute Gasteiger partial charge is 0.0335 e. The molecule has 0 aromatic heterocycles. The van der Waals surface area contributed by atoms with Crippen molar-refractivity contribution in [3.8, 4) is 0 Å². The Morgan fingerprint density at radius 1 is 1.10 bits per heavy atom. The highest BCUT2D eigenvalue weighted by Gasteiger charge is 2.43. The lowest BCUT2D eigenvalue weighted by Gasteiger charge is -2.54. The Bertz CT molecular complexity index is 343. The highest BCUT2D eigenvalue weighted by atomic mass is 15.3. The van der Waals surface area contributed by atoms with Crippen molar-refractivity contribution in [2.45, 2.75) is 70.4 Å². The van der Waals surface area contributed by atoms with Gasteiger partial charge in [-0.3, -0.25) is 9.80 Å². The third-order valence-corrected chi connectivity index (χ3v) is 6.69. The summed E-state index contributed by atoms with van der Waals surface area (Å²) in [5, 5.41) is 0. The molecule has 0 radical (unpaired) electrons. The third kappa shape index (κ3) is 3.16. The van der Waals surface area contributed by atoms with Gasteiger partial charge in [-0.1, -0.05) is 33.1 Å². The minimum Gasteiger partial charge on any atom is -0.329 e. The predicted molar refractivity (Wildman–Crippen MR) is 89.4 cm³/mol. The summed E-state index contributed by atoms with van der Waals surface area (Å²) in [7, 11) is 0. The Hall–Kier alpha value is -0.120. The molecule has 3 nitrogen and oxygen atoms in total. The number of piperidine rings is 1. The first-order valence-corrected chi connectivity index (χ1v) is 9.34. The molecule has 3 heteroatoms. The zero-order chi connectivity index (χ0) is 14.9. The molecule has 21 heavy (non-hydrogen) atoms. The molecule has 2 aliphatic heterocycles. The van der Waals surface area contributed by atoms with E-state index in [0.717, 1.165) is 24.4 Å². The summed E-state index contributed by atoms with van der Waals surface area (Å²) >= 11 is 0. The number of hydrogen-bond acceptors (Lipinski definition) is 3. The van der Waals surface area contributed by atoms with Gasteiger partial charge >= 0.3 is 0 Å². The van der Waals surface area contributed by atoms with Gasteiger partial charge in [-0.05, 0) is 44.1 Å². The van der Waals surface area contributed by atoms with Gasteiger partial charge in [-0.2, -0.15) is 0 Å². The fourth-order valence-electron chi connectivity index (χ4n) is 5.14. The highest BCUT2D eigenvalue weighted by molar-refractivity contribution is 5.00. The Morgan fingerprint density at radius 2 is 1.95 bits per heavy atom. The van der Waals surface area contributed by atoms with Gasteiger partial charge < -0.3 is 5.73 Å². The molecule has 0 aromatic rings. The van der Waals surface area contributed by atoms with Crippen LogP contribution in [0.2, 0.25) is 0 Å². The summed E-state index contributed by atoms with van der Waals surface area (Å²) in [5.74, 6) is 1.69. The van der Waals surface area contributed by atoms with E-state index in [-0.39, 0.29) is 0 Å². The molecule has 3 unspecified atom stereocenters. The van der Waals surface area contributed by atoms with Crippen molar-refractivity contribution in [1.29, 1.82) is 0 Å². The summed E-state index contributed by atoms with van der Waals surface area (Å²) in [4.78, 5) is 5.56. The van der Waals surface area contributed by atoms with Gasteiger partial charge in [-0.15, -0.1) is 0 Å².